The van der Waals surface area contributed by atoms with Crippen LogP contribution in [0.25, 0.3) is 0 Å². The minimum absolute atomic E-state index is 0.0184. The highest BCUT2D eigenvalue weighted by molar-refractivity contribution is 5.94. The molecule has 0 bridgehead atoms. The Morgan fingerprint density at radius 3 is 2.33 bits per heavy atom. The molecule has 0 spiro atoms. The van der Waals surface area contributed by atoms with Crippen LogP contribution >= 0.6 is 0 Å². The fourth-order valence-corrected chi connectivity index (χ4v) is 3.84. The van der Waals surface area contributed by atoms with Gasteiger partial charge < -0.3 is 14.7 Å². The van der Waals surface area contributed by atoms with Gasteiger partial charge in [-0.2, -0.15) is 0 Å². The quantitative estimate of drug-likeness (QED) is 0.554. The largest absolute Gasteiger partial charge is 0.353 e. The minimum atomic E-state index is -0.471. The summed E-state index contributed by atoms with van der Waals surface area (Å²) in [7, 11) is 0. The average Bonchev–Trinajstić information content (AvgIpc) is 3.18. The molecule has 156 valence electrons. The lowest BCUT2D eigenvalue weighted by molar-refractivity contribution is -0.385. The van der Waals surface area contributed by atoms with E-state index in [1.807, 2.05) is 34.1 Å². The van der Waals surface area contributed by atoms with E-state index in [4.69, 9.17) is 0 Å². The van der Waals surface area contributed by atoms with E-state index in [0.29, 0.717) is 50.5 Å². The Morgan fingerprint density at radius 1 is 1.03 bits per heavy atom. The molecular formula is C21H23N5O4. The van der Waals surface area contributed by atoms with Gasteiger partial charge in [-0.1, -0.05) is 12.1 Å². The van der Waals surface area contributed by atoms with E-state index in [-0.39, 0.29) is 17.5 Å². The summed E-state index contributed by atoms with van der Waals surface area (Å²) in [6.45, 7) is 3.74. The monoisotopic (exact) mass is 409 g/mol. The molecule has 0 N–H and O–H groups in total. The van der Waals surface area contributed by atoms with Crippen LogP contribution in [0.5, 0.6) is 0 Å². The normalized spacial score (nSPS) is 16.8. The topological polar surface area (TPSA) is 99.9 Å². The summed E-state index contributed by atoms with van der Waals surface area (Å²) in [6, 6.07) is 10.5. The number of benzene rings is 1. The van der Waals surface area contributed by atoms with Gasteiger partial charge in [0.15, 0.2) is 0 Å². The first-order valence-electron chi connectivity index (χ1n) is 10.0. The van der Waals surface area contributed by atoms with Crippen molar-refractivity contribution in [2.24, 2.45) is 0 Å². The molecule has 0 aliphatic carbocycles. The summed E-state index contributed by atoms with van der Waals surface area (Å²) in [5, 5.41) is 10.8. The maximum absolute atomic E-state index is 12.8. The van der Waals surface area contributed by atoms with E-state index >= 15 is 0 Å². The van der Waals surface area contributed by atoms with Crippen molar-refractivity contribution in [3.63, 3.8) is 0 Å². The number of carbonyl (C=O) groups excluding carboxylic acids is 2. The zero-order valence-electron chi connectivity index (χ0n) is 16.6. The molecule has 2 aliphatic heterocycles. The Bertz CT molecular complexity index is 937. The molecule has 0 unspecified atom stereocenters. The van der Waals surface area contributed by atoms with Crippen molar-refractivity contribution in [3.05, 3.63) is 63.8 Å². The summed E-state index contributed by atoms with van der Waals surface area (Å²) < 4.78 is 0. The van der Waals surface area contributed by atoms with Gasteiger partial charge in [0.05, 0.1) is 4.92 Å². The predicted octanol–water partition coefficient (Wildman–Crippen LogP) is 2.07. The van der Waals surface area contributed by atoms with Gasteiger partial charge in [0.2, 0.25) is 5.91 Å². The van der Waals surface area contributed by atoms with E-state index in [1.165, 1.54) is 12.3 Å². The smallest absolute Gasteiger partial charge is 0.287 e. The molecule has 2 aliphatic rings. The molecule has 1 aromatic heterocycles. The maximum Gasteiger partial charge on any atom is 0.287 e. The molecular weight excluding hydrogens is 386 g/mol. The number of aromatic nitrogens is 1. The predicted molar refractivity (Wildman–Crippen MR) is 110 cm³/mol. The Kier molecular flexibility index (Phi) is 5.60. The van der Waals surface area contributed by atoms with E-state index in [1.54, 1.807) is 11.0 Å². The molecule has 0 radical (unpaired) electrons. The fraction of sp³-hybridized carbons (Fsp3) is 0.381. The van der Waals surface area contributed by atoms with Crippen molar-refractivity contribution < 1.29 is 14.5 Å². The van der Waals surface area contributed by atoms with E-state index in [9.17, 15) is 19.7 Å². The van der Waals surface area contributed by atoms with Crippen LogP contribution in [0.1, 0.15) is 28.8 Å². The number of pyridine rings is 1. The Labute approximate surface area is 174 Å². The lowest BCUT2D eigenvalue weighted by Crippen LogP contribution is -2.49. The number of hydrogen-bond donors (Lipinski definition) is 0. The third kappa shape index (κ3) is 4.24. The summed E-state index contributed by atoms with van der Waals surface area (Å²) in [6.07, 6.45) is 2.79. The number of carbonyl (C=O) groups is 2. The van der Waals surface area contributed by atoms with Gasteiger partial charge in [-0.15, -0.1) is 0 Å². The number of amides is 2. The molecule has 30 heavy (non-hydrogen) atoms. The average molecular weight is 409 g/mol. The van der Waals surface area contributed by atoms with Crippen LogP contribution in [0, 0.1) is 10.1 Å². The van der Waals surface area contributed by atoms with Crippen molar-refractivity contribution in [2.45, 2.75) is 19.4 Å². The molecule has 9 heteroatoms. The van der Waals surface area contributed by atoms with E-state index in [0.717, 1.165) is 18.5 Å². The molecule has 2 saturated heterocycles. The maximum atomic E-state index is 12.8. The Balaban J connectivity index is 1.32. The number of hydrogen-bond acceptors (Lipinski definition) is 6. The summed E-state index contributed by atoms with van der Waals surface area (Å²) >= 11 is 0. The van der Waals surface area contributed by atoms with E-state index in [2.05, 4.69) is 4.98 Å². The van der Waals surface area contributed by atoms with Gasteiger partial charge in [0, 0.05) is 57.3 Å². The van der Waals surface area contributed by atoms with Gasteiger partial charge in [-0.05, 0) is 30.2 Å². The zero-order valence-corrected chi connectivity index (χ0v) is 16.6. The fourth-order valence-electron chi connectivity index (χ4n) is 3.84. The lowest BCUT2D eigenvalue weighted by Gasteiger charge is -2.35. The number of rotatable bonds is 5. The minimum Gasteiger partial charge on any atom is -0.353 e. The van der Waals surface area contributed by atoms with Crippen molar-refractivity contribution in [3.8, 4) is 0 Å². The SMILES string of the molecule is O=C1CCCN1Cc1ccc(C(=O)N2CCN(c3ccc([N+](=O)[O-])cn3)CC2)cc1. The number of nitrogens with zero attached hydrogens (tertiary/aromatic N) is 5. The Morgan fingerprint density at radius 2 is 1.77 bits per heavy atom. The van der Waals surface area contributed by atoms with Gasteiger partial charge in [-0.3, -0.25) is 19.7 Å². The summed E-state index contributed by atoms with van der Waals surface area (Å²) in [5.74, 6) is 0.846. The molecule has 4 rings (SSSR count). The standard InChI is InChI=1S/C21H23N5O4/c27-20-2-1-9-25(20)15-16-3-5-17(6-4-16)21(28)24-12-10-23(11-13-24)19-8-7-18(14-22-19)26(29)30/h3-8,14H,1-2,9-13,15H2. The first-order valence-corrected chi connectivity index (χ1v) is 10.0. The highest BCUT2D eigenvalue weighted by Crippen LogP contribution is 2.19. The molecule has 0 saturated carbocycles. The number of nitro groups is 1. The molecule has 9 nitrogen and oxygen atoms in total. The van der Waals surface area contributed by atoms with Crippen molar-refractivity contribution in [2.75, 3.05) is 37.6 Å². The van der Waals surface area contributed by atoms with Crippen molar-refractivity contribution >= 4 is 23.3 Å². The van der Waals surface area contributed by atoms with Crippen LogP contribution < -0.4 is 4.90 Å². The zero-order chi connectivity index (χ0) is 21.1. The lowest BCUT2D eigenvalue weighted by atomic mass is 10.1. The second-order valence-corrected chi connectivity index (χ2v) is 7.53. The third-order valence-corrected chi connectivity index (χ3v) is 5.58. The second kappa shape index (κ2) is 8.48. The highest BCUT2D eigenvalue weighted by Gasteiger charge is 2.24. The van der Waals surface area contributed by atoms with Crippen LogP contribution in [0.15, 0.2) is 42.6 Å². The molecule has 3 heterocycles. The summed E-state index contributed by atoms with van der Waals surface area (Å²) in [4.78, 5) is 44.7. The number of piperazine rings is 1. The first-order chi connectivity index (χ1) is 14.5. The van der Waals surface area contributed by atoms with Crippen molar-refractivity contribution in [1.82, 2.24) is 14.8 Å². The molecule has 0 atom stereocenters. The van der Waals surface area contributed by atoms with Crippen LogP contribution in [-0.4, -0.2) is 64.2 Å². The number of anilines is 1. The first kappa shape index (κ1) is 19.8. The van der Waals surface area contributed by atoms with Crippen LogP contribution in [0.2, 0.25) is 0 Å². The van der Waals surface area contributed by atoms with Crippen LogP contribution in [0.3, 0.4) is 0 Å². The molecule has 2 aromatic rings. The van der Waals surface area contributed by atoms with Gasteiger partial charge in [0.25, 0.3) is 11.6 Å². The molecule has 2 amide bonds. The van der Waals surface area contributed by atoms with Crippen molar-refractivity contribution in [1.29, 1.82) is 0 Å². The Hall–Kier alpha value is -3.49. The molecule has 1 aromatic carbocycles. The van der Waals surface area contributed by atoms with Crippen LogP contribution in [0.4, 0.5) is 11.5 Å². The third-order valence-electron chi connectivity index (χ3n) is 5.58. The second-order valence-electron chi connectivity index (χ2n) is 7.53. The van der Waals surface area contributed by atoms with Gasteiger partial charge in [-0.25, -0.2) is 4.98 Å². The summed E-state index contributed by atoms with van der Waals surface area (Å²) in [5.41, 5.74) is 1.62. The van der Waals surface area contributed by atoms with E-state index < -0.39 is 4.92 Å². The molecule has 2 fully saturated rings. The van der Waals surface area contributed by atoms with Gasteiger partial charge >= 0.3 is 0 Å². The highest BCUT2D eigenvalue weighted by atomic mass is 16.6. The van der Waals surface area contributed by atoms with Crippen LogP contribution in [-0.2, 0) is 11.3 Å². The number of likely N-dealkylation sites (tertiary alicyclic amines) is 1. The van der Waals surface area contributed by atoms with Gasteiger partial charge in [0.1, 0.15) is 12.0 Å².